The van der Waals surface area contributed by atoms with Gasteiger partial charge in [0, 0.05) is 18.0 Å². The molecule has 1 aliphatic heterocycles. The van der Waals surface area contributed by atoms with Crippen LogP contribution in [0.5, 0.6) is 11.5 Å². The summed E-state index contributed by atoms with van der Waals surface area (Å²) in [6.45, 7) is 5.18. The second-order valence-corrected chi connectivity index (χ2v) is 5.61. The van der Waals surface area contributed by atoms with Gasteiger partial charge in [0.2, 0.25) is 0 Å². The van der Waals surface area contributed by atoms with E-state index in [0.717, 1.165) is 24.6 Å². The van der Waals surface area contributed by atoms with Gasteiger partial charge in [-0.05, 0) is 41.6 Å². The first-order chi connectivity index (χ1) is 9.33. The van der Waals surface area contributed by atoms with E-state index < -0.39 is 0 Å². The molecule has 0 radical (unpaired) electrons. The number of aryl methyl sites for hydroxylation is 1. The molecule has 2 heterocycles. The van der Waals surface area contributed by atoms with Crippen molar-refractivity contribution in [2.75, 3.05) is 13.2 Å². The SMILES string of the molecule is Cc1ccsc1CNCc1ccc2c(c1)OCCO2. The maximum Gasteiger partial charge on any atom is 0.161 e. The molecule has 0 bridgehead atoms. The summed E-state index contributed by atoms with van der Waals surface area (Å²) in [5.74, 6) is 1.71. The minimum Gasteiger partial charge on any atom is -0.486 e. The van der Waals surface area contributed by atoms with Crippen molar-refractivity contribution in [3.63, 3.8) is 0 Å². The molecule has 0 spiro atoms. The topological polar surface area (TPSA) is 30.5 Å². The number of rotatable bonds is 4. The molecule has 3 rings (SSSR count). The summed E-state index contributed by atoms with van der Waals surface area (Å²) >= 11 is 1.80. The fraction of sp³-hybridized carbons (Fsp3) is 0.333. The minimum atomic E-state index is 0.637. The molecule has 1 aliphatic rings. The van der Waals surface area contributed by atoms with Crippen molar-refractivity contribution >= 4 is 11.3 Å². The molecule has 1 aromatic heterocycles. The highest BCUT2D eigenvalue weighted by Gasteiger charge is 2.11. The fourth-order valence-electron chi connectivity index (χ4n) is 2.10. The number of fused-ring (bicyclic) bond motifs is 1. The van der Waals surface area contributed by atoms with Crippen molar-refractivity contribution in [3.05, 3.63) is 45.6 Å². The summed E-state index contributed by atoms with van der Waals surface area (Å²) in [4.78, 5) is 1.40. The van der Waals surface area contributed by atoms with Crippen LogP contribution < -0.4 is 14.8 Å². The molecular weight excluding hydrogens is 258 g/mol. The Morgan fingerprint density at radius 2 is 1.95 bits per heavy atom. The third kappa shape index (κ3) is 2.91. The zero-order valence-corrected chi connectivity index (χ0v) is 11.8. The van der Waals surface area contributed by atoms with E-state index in [2.05, 4.69) is 35.8 Å². The zero-order chi connectivity index (χ0) is 13.1. The Labute approximate surface area is 117 Å². The Morgan fingerprint density at radius 3 is 2.74 bits per heavy atom. The van der Waals surface area contributed by atoms with Crippen molar-refractivity contribution in [2.24, 2.45) is 0 Å². The Hall–Kier alpha value is -1.52. The van der Waals surface area contributed by atoms with Gasteiger partial charge < -0.3 is 14.8 Å². The van der Waals surface area contributed by atoms with Crippen LogP contribution in [0.1, 0.15) is 16.0 Å². The zero-order valence-electron chi connectivity index (χ0n) is 10.9. The second-order valence-electron chi connectivity index (χ2n) is 4.61. The van der Waals surface area contributed by atoms with E-state index in [1.54, 1.807) is 11.3 Å². The van der Waals surface area contributed by atoms with Gasteiger partial charge in [0.15, 0.2) is 11.5 Å². The summed E-state index contributed by atoms with van der Waals surface area (Å²) in [6, 6.07) is 8.29. The average Bonchev–Trinajstić information content (AvgIpc) is 2.84. The van der Waals surface area contributed by atoms with Gasteiger partial charge in [-0.25, -0.2) is 0 Å². The summed E-state index contributed by atoms with van der Waals surface area (Å²) in [5.41, 5.74) is 2.58. The first kappa shape index (κ1) is 12.5. The van der Waals surface area contributed by atoms with E-state index in [1.165, 1.54) is 16.0 Å². The average molecular weight is 275 g/mol. The summed E-state index contributed by atoms with van der Waals surface area (Å²) in [6.07, 6.45) is 0. The molecule has 0 unspecified atom stereocenters. The van der Waals surface area contributed by atoms with Crippen molar-refractivity contribution in [3.8, 4) is 11.5 Å². The minimum absolute atomic E-state index is 0.637. The molecule has 0 amide bonds. The van der Waals surface area contributed by atoms with Crippen LogP contribution in [0.4, 0.5) is 0 Å². The first-order valence-electron chi connectivity index (χ1n) is 6.45. The number of hydrogen-bond donors (Lipinski definition) is 1. The molecule has 0 saturated heterocycles. The number of thiophene rings is 1. The quantitative estimate of drug-likeness (QED) is 0.930. The van der Waals surface area contributed by atoms with Crippen LogP contribution in [-0.2, 0) is 13.1 Å². The number of hydrogen-bond acceptors (Lipinski definition) is 4. The van der Waals surface area contributed by atoms with Gasteiger partial charge in [-0.3, -0.25) is 0 Å². The van der Waals surface area contributed by atoms with E-state index >= 15 is 0 Å². The molecule has 4 heteroatoms. The predicted molar refractivity (Wildman–Crippen MR) is 77.0 cm³/mol. The molecule has 2 aromatic rings. The van der Waals surface area contributed by atoms with Crippen LogP contribution in [0.15, 0.2) is 29.6 Å². The van der Waals surface area contributed by atoms with Crippen molar-refractivity contribution in [2.45, 2.75) is 20.0 Å². The van der Waals surface area contributed by atoms with Gasteiger partial charge in [-0.1, -0.05) is 6.07 Å². The number of benzene rings is 1. The largest absolute Gasteiger partial charge is 0.486 e. The van der Waals surface area contributed by atoms with Gasteiger partial charge >= 0.3 is 0 Å². The van der Waals surface area contributed by atoms with Crippen LogP contribution in [0, 0.1) is 6.92 Å². The Morgan fingerprint density at radius 1 is 1.11 bits per heavy atom. The molecular formula is C15H17NO2S. The van der Waals surface area contributed by atoms with Gasteiger partial charge in [-0.2, -0.15) is 0 Å². The third-order valence-corrected chi connectivity index (χ3v) is 4.21. The predicted octanol–water partition coefficient (Wildman–Crippen LogP) is 3.12. The Bertz CT molecular complexity index is 565. The molecule has 0 fully saturated rings. The molecule has 19 heavy (non-hydrogen) atoms. The highest BCUT2D eigenvalue weighted by Crippen LogP contribution is 2.30. The van der Waals surface area contributed by atoms with Crippen LogP contribution in [0.25, 0.3) is 0 Å². The normalized spacial score (nSPS) is 13.5. The van der Waals surface area contributed by atoms with E-state index in [0.29, 0.717) is 13.2 Å². The van der Waals surface area contributed by atoms with E-state index in [-0.39, 0.29) is 0 Å². The monoisotopic (exact) mass is 275 g/mol. The van der Waals surface area contributed by atoms with Gasteiger partial charge in [-0.15, -0.1) is 11.3 Å². The maximum atomic E-state index is 5.58. The lowest BCUT2D eigenvalue weighted by Gasteiger charge is -2.19. The molecule has 1 aromatic carbocycles. The Kier molecular flexibility index (Phi) is 3.71. The van der Waals surface area contributed by atoms with Crippen LogP contribution in [0.3, 0.4) is 0 Å². The third-order valence-electron chi connectivity index (χ3n) is 3.19. The lowest BCUT2D eigenvalue weighted by Crippen LogP contribution is -2.16. The summed E-state index contributed by atoms with van der Waals surface area (Å²) in [5, 5.41) is 5.60. The fourth-order valence-corrected chi connectivity index (χ4v) is 2.98. The lowest BCUT2D eigenvalue weighted by atomic mass is 10.2. The molecule has 0 atom stereocenters. The molecule has 0 aliphatic carbocycles. The lowest BCUT2D eigenvalue weighted by molar-refractivity contribution is 0.171. The molecule has 3 nitrogen and oxygen atoms in total. The van der Waals surface area contributed by atoms with Crippen molar-refractivity contribution < 1.29 is 9.47 Å². The van der Waals surface area contributed by atoms with Gasteiger partial charge in [0.1, 0.15) is 13.2 Å². The molecule has 0 saturated carbocycles. The number of nitrogens with one attached hydrogen (secondary N) is 1. The molecule has 100 valence electrons. The second kappa shape index (κ2) is 5.63. The van der Waals surface area contributed by atoms with Gasteiger partial charge in [0.05, 0.1) is 0 Å². The highest BCUT2D eigenvalue weighted by molar-refractivity contribution is 7.10. The summed E-state index contributed by atoms with van der Waals surface area (Å²) in [7, 11) is 0. The smallest absolute Gasteiger partial charge is 0.161 e. The first-order valence-corrected chi connectivity index (χ1v) is 7.33. The van der Waals surface area contributed by atoms with E-state index in [4.69, 9.17) is 9.47 Å². The van der Waals surface area contributed by atoms with Gasteiger partial charge in [0.25, 0.3) is 0 Å². The standard InChI is InChI=1S/C15H17NO2S/c1-11-4-7-19-15(11)10-16-9-12-2-3-13-14(8-12)18-6-5-17-13/h2-4,7-8,16H,5-6,9-10H2,1H3. The van der Waals surface area contributed by atoms with E-state index in [1.807, 2.05) is 6.07 Å². The van der Waals surface area contributed by atoms with Crippen LogP contribution in [0.2, 0.25) is 0 Å². The van der Waals surface area contributed by atoms with Crippen LogP contribution >= 0.6 is 11.3 Å². The van der Waals surface area contributed by atoms with E-state index in [9.17, 15) is 0 Å². The summed E-state index contributed by atoms with van der Waals surface area (Å²) < 4.78 is 11.1. The van der Waals surface area contributed by atoms with Crippen molar-refractivity contribution in [1.82, 2.24) is 5.32 Å². The highest BCUT2D eigenvalue weighted by atomic mass is 32.1. The van der Waals surface area contributed by atoms with Crippen LogP contribution in [-0.4, -0.2) is 13.2 Å². The number of ether oxygens (including phenoxy) is 2. The Balaban J connectivity index is 1.59. The maximum absolute atomic E-state index is 5.58. The molecule has 1 N–H and O–H groups in total. The van der Waals surface area contributed by atoms with Crippen molar-refractivity contribution in [1.29, 1.82) is 0 Å².